The molecule has 0 radical (unpaired) electrons. The van der Waals surface area contributed by atoms with Gasteiger partial charge in [-0.3, -0.25) is 9.59 Å². The summed E-state index contributed by atoms with van der Waals surface area (Å²) in [6.45, 7) is 4.90. The molecule has 2 amide bonds. The van der Waals surface area contributed by atoms with Crippen molar-refractivity contribution in [3.05, 3.63) is 41.0 Å². The average molecular weight is 508 g/mol. The third kappa shape index (κ3) is 5.83. The number of benzene rings is 1. The molecule has 1 aliphatic heterocycles. The fourth-order valence-corrected chi connectivity index (χ4v) is 6.20. The Bertz CT molecular complexity index is 1120. The van der Waals surface area contributed by atoms with Gasteiger partial charge in [-0.05, 0) is 43.7 Å². The molecule has 37 heavy (non-hydrogen) atoms. The molecule has 2 saturated carbocycles. The van der Waals surface area contributed by atoms with Crippen LogP contribution in [0, 0.1) is 18.8 Å². The van der Waals surface area contributed by atoms with Crippen molar-refractivity contribution in [3.8, 4) is 5.75 Å². The van der Waals surface area contributed by atoms with Crippen LogP contribution in [0.15, 0.2) is 18.2 Å². The Balaban J connectivity index is 1.33. The minimum atomic E-state index is -0.353. The van der Waals surface area contributed by atoms with Gasteiger partial charge in [-0.2, -0.15) is 0 Å². The average Bonchev–Trinajstić information content (AvgIpc) is 3.49. The van der Waals surface area contributed by atoms with E-state index in [0.29, 0.717) is 25.7 Å². The number of aromatic nitrogens is 3. The normalized spacial score (nSPS) is 22.3. The number of carbonyl (C=O) groups is 2. The van der Waals surface area contributed by atoms with E-state index in [4.69, 9.17) is 4.74 Å². The molecule has 5 rings (SSSR count). The lowest BCUT2D eigenvalue weighted by Gasteiger charge is -2.22. The monoisotopic (exact) mass is 507 g/mol. The van der Waals surface area contributed by atoms with E-state index < -0.39 is 0 Å². The SMILES string of the molecule is COc1cc(C)ccc1CNC(=O)[C@H]1CN(C(C)=O)C[C@@H]1c1nnc(CCC2CCCCC2)n1C1CC1. The van der Waals surface area contributed by atoms with E-state index in [9.17, 15) is 9.59 Å². The summed E-state index contributed by atoms with van der Waals surface area (Å²) in [5.74, 6) is 2.95. The number of amides is 2. The van der Waals surface area contributed by atoms with Gasteiger partial charge >= 0.3 is 0 Å². The number of hydrogen-bond donors (Lipinski definition) is 1. The van der Waals surface area contributed by atoms with Crippen LogP contribution in [0.25, 0.3) is 0 Å². The van der Waals surface area contributed by atoms with Gasteiger partial charge in [0.15, 0.2) is 0 Å². The van der Waals surface area contributed by atoms with Gasteiger partial charge in [0.25, 0.3) is 0 Å². The summed E-state index contributed by atoms with van der Waals surface area (Å²) in [5.41, 5.74) is 2.05. The fourth-order valence-electron chi connectivity index (χ4n) is 6.20. The third-order valence-corrected chi connectivity index (χ3v) is 8.54. The first kappa shape index (κ1) is 25.7. The number of likely N-dealkylation sites (tertiary alicyclic amines) is 1. The first-order valence-electron chi connectivity index (χ1n) is 14.0. The molecule has 1 aromatic carbocycles. The summed E-state index contributed by atoms with van der Waals surface area (Å²) in [4.78, 5) is 27.6. The van der Waals surface area contributed by atoms with E-state index in [1.54, 1.807) is 18.9 Å². The molecule has 2 atom stereocenters. The number of rotatable bonds is 9. The van der Waals surface area contributed by atoms with Crippen LogP contribution in [0.3, 0.4) is 0 Å². The lowest BCUT2D eigenvalue weighted by atomic mass is 9.86. The van der Waals surface area contributed by atoms with Crippen LogP contribution >= 0.6 is 0 Å². The Hall–Kier alpha value is -2.90. The van der Waals surface area contributed by atoms with Gasteiger partial charge in [-0.15, -0.1) is 10.2 Å². The molecular weight excluding hydrogens is 466 g/mol. The van der Waals surface area contributed by atoms with Crippen LogP contribution in [0.5, 0.6) is 5.75 Å². The minimum Gasteiger partial charge on any atom is -0.496 e. The van der Waals surface area contributed by atoms with E-state index in [0.717, 1.165) is 60.1 Å². The number of nitrogens with zero attached hydrogens (tertiary/aromatic N) is 4. The maximum absolute atomic E-state index is 13.5. The molecule has 8 heteroatoms. The molecule has 2 aliphatic carbocycles. The summed E-state index contributed by atoms with van der Waals surface area (Å²) < 4.78 is 7.85. The van der Waals surface area contributed by atoms with Crippen LogP contribution < -0.4 is 10.1 Å². The lowest BCUT2D eigenvalue weighted by Crippen LogP contribution is -2.35. The second kappa shape index (κ2) is 11.2. The summed E-state index contributed by atoms with van der Waals surface area (Å²) >= 11 is 0. The quantitative estimate of drug-likeness (QED) is 0.546. The highest BCUT2D eigenvalue weighted by Gasteiger charge is 2.44. The predicted octanol–water partition coefficient (Wildman–Crippen LogP) is 4.32. The topological polar surface area (TPSA) is 89.3 Å². The van der Waals surface area contributed by atoms with Gasteiger partial charge in [0.05, 0.1) is 18.9 Å². The van der Waals surface area contributed by atoms with Crippen LogP contribution in [-0.4, -0.2) is 51.7 Å². The molecule has 0 spiro atoms. The molecule has 3 aliphatic rings. The highest BCUT2D eigenvalue weighted by Crippen LogP contribution is 2.41. The van der Waals surface area contributed by atoms with E-state index in [1.165, 1.54) is 32.1 Å². The van der Waals surface area contributed by atoms with E-state index in [-0.39, 0.29) is 23.7 Å². The number of carbonyl (C=O) groups excluding carboxylic acids is 2. The van der Waals surface area contributed by atoms with Crippen LogP contribution in [0.1, 0.15) is 93.0 Å². The Morgan fingerprint density at radius 2 is 1.86 bits per heavy atom. The van der Waals surface area contributed by atoms with Gasteiger partial charge in [0.2, 0.25) is 11.8 Å². The second-order valence-corrected chi connectivity index (χ2v) is 11.3. The van der Waals surface area contributed by atoms with Crippen molar-refractivity contribution in [2.45, 2.75) is 90.1 Å². The standard InChI is InChI=1S/C29H41N5O3/c1-19-9-11-22(26(15-19)37-3)16-30-29(36)25-18-33(20(2)35)17-24(25)28-32-31-27(34(28)23-12-13-23)14-10-21-7-5-4-6-8-21/h9,11,15,21,23-25H,4-8,10,12-14,16-18H2,1-3H3,(H,30,36)/t24-,25-/m0/s1. The zero-order valence-electron chi connectivity index (χ0n) is 22.5. The Labute approximate surface area is 220 Å². The van der Waals surface area contributed by atoms with Gasteiger partial charge in [0.1, 0.15) is 17.4 Å². The molecular formula is C29H41N5O3. The fraction of sp³-hybridized carbons (Fsp3) is 0.655. The molecule has 200 valence electrons. The molecule has 0 unspecified atom stereocenters. The molecule has 1 N–H and O–H groups in total. The Kier molecular flexibility index (Phi) is 7.81. The minimum absolute atomic E-state index is 0.00415. The summed E-state index contributed by atoms with van der Waals surface area (Å²) in [5, 5.41) is 12.5. The van der Waals surface area contributed by atoms with Crippen molar-refractivity contribution in [2.24, 2.45) is 11.8 Å². The van der Waals surface area contributed by atoms with Crippen molar-refractivity contribution < 1.29 is 14.3 Å². The number of ether oxygens (including phenoxy) is 1. The van der Waals surface area contributed by atoms with Gasteiger partial charge in [-0.25, -0.2) is 0 Å². The first-order valence-corrected chi connectivity index (χ1v) is 14.0. The second-order valence-electron chi connectivity index (χ2n) is 11.3. The Morgan fingerprint density at radius 3 is 2.57 bits per heavy atom. The summed E-state index contributed by atoms with van der Waals surface area (Å²) in [6, 6.07) is 6.42. The predicted molar refractivity (Wildman–Crippen MR) is 141 cm³/mol. The summed E-state index contributed by atoms with van der Waals surface area (Å²) in [7, 11) is 1.65. The van der Waals surface area contributed by atoms with Crippen LogP contribution in [-0.2, 0) is 22.6 Å². The van der Waals surface area contributed by atoms with Crippen molar-refractivity contribution in [1.29, 1.82) is 0 Å². The van der Waals surface area contributed by atoms with Gasteiger partial charge in [-0.1, -0.05) is 44.2 Å². The molecule has 1 aromatic heterocycles. The molecule has 8 nitrogen and oxygen atoms in total. The molecule has 2 aromatic rings. The third-order valence-electron chi connectivity index (χ3n) is 8.54. The van der Waals surface area contributed by atoms with Gasteiger partial charge < -0.3 is 19.5 Å². The van der Waals surface area contributed by atoms with E-state index >= 15 is 0 Å². The molecule has 2 heterocycles. The van der Waals surface area contributed by atoms with Crippen LogP contribution in [0.2, 0.25) is 0 Å². The largest absolute Gasteiger partial charge is 0.496 e. The smallest absolute Gasteiger partial charge is 0.225 e. The zero-order valence-corrected chi connectivity index (χ0v) is 22.5. The maximum atomic E-state index is 13.5. The number of aryl methyl sites for hydroxylation is 2. The number of hydrogen-bond acceptors (Lipinski definition) is 5. The van der Waals surface area contributed by atoms with Crippen molar-refractivity contribution in [2.75, 3.05) is 20.2 Å². The van der Waals surface area contributed by atoms with Crippen molar-refractivity contribution >= 4 is 11.8 Å². The molecule has 1 saturated heterocycles. The lowest BCUT2D eigenvalue weighted by molar-refractivity contribution is -0.128. The van der Waals surface area contributed by atoms with Crippen molar-refractivity contribution in [1.82, 2.24) is 25.0 Å². The summed E-state index contributed by atoms with van der Waals surface area (Å²) in [6.07, 6.45) is 11.1. The van der Waals surface area contributed by atoms with E-state index in [1.807, 2.05) is 25.1 Å². The van der Waals surface area contributed by atoms with Crippen molar-refractivity contribution in [3.63, 3.8) is 0 Å². The van der Waals surface area contributed by atoms with E-state index in [2.05, 4.69) is 20.1 Å². The highest BCUT2D eigenvalue weighted by molar-refractivity contribution is 5.82. The van der Waals surface area contributed by atoms with Gasteiger partial charge in [0, 0.05) is 44.6 Å². The molecule has 3 fully saturated rings. The number of nitrogens with one attached hydrogen (secondary N) is 1. The van der Waals surface area contributed by atoms with Crippen LogP contribution in [0.4, 0.5) is 0 Å². The highest BCUT2D eigenvalue weighted by atomic mass is 16.5. The Morgan fingerprint density at radius 1 is 1.08 bits per heavy atom. The zero-order chi connectivity index (χ0) is 25.9. The first-order chi connectivity index (χ1) is 17.9. The number of methoxy groups -OCH3 is 1. The molecule has 0 bridgehead atoms. The maximum Gasteiger partial charge on any atom is 0.225 e.